The summed E-state index contributed by atoms with van der Waals surface area (Å²) in [6.07, 6.45) is 1.22. The predicted octanol–water partition coefficient (Wildman–Crippen LogP) is 1.65. The second-order valence-corrected chi connectivity index (χ2v) is 4.76. The van der Waals surface area contributed by atoms with Gasteiger partial charge in [0.25, 0.3) is 0 Å². The minimum atomic E-state index is 0.652. The Bertz CT molecular complexity index is 364. The van der Waals surface area contributed by atoms with Gasteiger partial charge in [-0.3, -0.25) is 0 Å². The molecule has 0 spiro atoms. The van der Waals surface area contributed by atoms with Crippen LogP contribution in [0, 0.1) is 0 Å². The van der Waals surface area contributed by atoms with E-state index in [4.69, 9.17) is 0 Å². The molecule has 1 aliphatic rings. The topological polar surface area (TPSA) is 31.4 Å². The number of aromatic nitrogens is 1. The van der Waals surface area contributed by atoms with Gasteiger partial charge in [-0.2, -0.15) is 0 Å². The maximum atomic E-state index is 4.63. The molecule has 94 valence electrons. The quantitative estimate of drug-likeness (QED) is 0.858. The molecule has 0 aromatic carbocycles. The molecular formula is C13H22N4. The van der Waals surface area contributed by atoms with Crippen molar-refractivity contribution in [1.29, 1.82) is 0 Å². The van der Waals surface area contributed by atoms with Crippen LogP contribution in [0.3, 0.4) is 0 Å². The maximum Gasteiger partial charge on any atom is 0.131 e. The third-order valence-corrected chi connectivity index (χ3v) is 3.31. The Morgan fingerprint density at radius 2 is 2.29 bits per heavy atom. The fourth-order valence-corrected chi connectivity index (χ4v) is 2.25. The summed E-state index contributed by atoms with van der Waals surface area (Å²) in [5, 5.41) is 3.26. The van der Waals surface area contributed by atoms with E-state index in [-0.39, 0.29) is 0 Å². The van der Waals surface area contributed by atoms with Gasteiger partial charge in [0.05, 0.1) is 0 Å². The Morgan fingerprint density at radius 1 is 1.47 bits per heavy atom. The number of anilines is 2. The first-order valence-electron chi connectivity index (χ1n) is 6.33. The summed E-state index contributed by atoms with van der Waals surface area (Å²) in [5.74, 6) is 2.06. The van der Waals surface area contributed by atoms with Gasteiger partial charge >= 0.3 is 0 Å². The lowest BCUT2D eigenvalue weighted by atomic mass is 10.2. The van der Waals surface area contributed by atoms with E-state index >= 15 is 0 Å². The molecule has 1 fully saturated rings. The summed E-state index contributed by atoms with van der Waals surface area (Å²) < 4.78 is 0. The average molecular weight is 234 g/mol. The first-order valence-corrected chi connectivity index (χ1v) is 6.33. The minimum Gasteiger partial charge on any atom is -0.370 e. The third-order valence-electron chi connectivity index (χ3n) is 3.31. The lowest BCUT2D eigenvalue weighted by Crippen LogP contribution is -2.31. The third kappa shape index (κ3) is 2.88. The predicted molar refractivity (Wildman–Crippen MR) is 72.7 cm³/mol. The lowest BCUT2D eigenvalue weighted by molar-refractivity contribution is 0.315. The van der Waals surface area contributed by atoms with Crippen molar-refractivity contribution in [2.75, 3.05) is 43.9 Å². The Kier molecular flexibility index (Phi) is 3.84. The van der Waals surface area contributed by atoms with Crippen LogP contribution in [-0.4, -0.2) is 49.7 Å². The van der Waals surface area contributed by atoms with Crippen molar-refractivity contribution in [2.24, 2.45) is 0 Å². The Labute approximate surface area is 104 Å². The van der Waals surface area contributed by atoms with Gasteiger partial charge in [-0.05, 0) is 39.6 Å². The highest BCUT2D eigenvalue weighted by Crippen LogP contribution is 2.21. The molecule has 0 saturated carbocycles. The standard InChI is InChI=1S/C13H22N4/c1-4-14-12-6-5-7-13(15-12)17-9-8-11(10-17)16(2)3/h5-7,11H,4,8-10H2,1-3H3,(H,14,15). The molecule has 0 amide bonds. The first-order chi connectivity index (χ1) is 8.20. The number of nitrogens with zero attached hydrogens (tertiary/aromatic N) is 3. The second kappa shape index (κ2) is 5.36. The van der Waals surface area contributed by atoms with E-state index in [9.17, 15) is 0 Å². The number of hydrogen-bond acceptors (Lipinski definition) is 4. The molecular weight excluding hydrogens is 212 g/mol. The molecule has 1 aliphatic heterocycles. The number of hydrogen-bond donors (Lipinski definition) is 1. The van der Waals surface area contributed by atoms with E-state index in [1.807, 2.05) is 6.07 Å². The van der Waals surface area contributed by atoms with Crippen LogP contribution in [0.1, 0.15) is 13.3 Å². The largest absolute Gasteiger partial charge is 0.370 e. The highest BCUT2D eigenvalue weighted by Gasteiger charge is 2.24. The lowest BCUT2D eigenvalue weighted by Gasteiger charge is -2.21. The molecule has 1 aromatic rings. The van der Waals surface area contributed by atoms with Crippen LogP contribution in [0.5, 0.6) is 0 Å². The van der Waals surface area contributed by atoms with Crippen LogP contribution in [0.4, 0.5) is 11.6 Å². The van der Waals surface area contributed by atoms with Crippen molar-refractivity contribution in [3.05, 3.63) is 18.2 Å². The fraction of sp³-hybridized carbons (Fsp3) is 0.615. The second-order valence-electron chi connectivity index (χ2n) is 4.76. The van der Waals surface area contributed by atoms with Gasteiger partial charge in [0.2, 0.25) is 0 Å². The van der Waals surface area contributed by atoms with Gasteiger partial charge in [0, 0.05) is 25.7 Å². The van der Waals surface area contributed by atoms with E-state index in [1.165, 1.54) is 6.42 Å². The van der Waals surface area contributed by atoms with Gasteiger partial charge in [-0.25, -0.2) is 4.98 Å². The van der Waals surface area contributed by atoms with Crippen LogP contribution in [-0.2, 0) is 0 Å². The van der Waals surface area contributed by atoms with Crippen molar-refractivity contribution in [1.82, 2.24) is 9.88 Å². The van der Waals surface area contributed by atoms with Crippen LogP contribution in [0.15, 0.2) is 18.2 Å². The summed E-state index contributed by atoms with van der Waals surface area (Å²) >= 11 is 0. The highest BCUT2D eigenvalue weighted by molar-refractivity contribution is 5.47. The molecule has 2 heterocycles. The molecule has 1 saturated heterocycles. The van der Waals surface area contributed by atoms with Gasteiger partial charge in [-0.15, -0.1) is 0 Å². The van der Waals surface area contributed by atoms with E-state index in [0.717, 1.165) is 31.3 Å². The summed E-state index contributed by atoms with van der Waals surface area (Å²) in [5.41, 5.74) is 0. The molecule has 1 aromatic heterocycles. The van der Waals surface area contributed by atoms with Crippen molar-refractivity contribution < 1.29 is 0 Å². The molecule has 1 atom stereocenters. The van der Waals surface area contributed by atoms with E-state index in [2.05, 4.69) is 53.3 Å². The first kappa shape index (κ1) is 12.2. The van der Waals surface area contributed by atoms with Crippen molar-refractivity contribution in [3.63, 3.8) is 0 Å². The molecule has 0 radical (unpaired) electrons. The normalized spacial score (nSPS) is 20.0. The highest BCUT2D eigenvalue weighted by atomic mass is 15.3. The van der Waals surface area contributed by atoms with Gasteiger partial charge < -0.3 is 15.1 Å². The molecule has 2 rings (SSSR count). The molecule has 4 heteroatoms. The van der Waals surface area contributed by atoms with Gasteiger partial charge in [0.1, 0.15) is 11.6 Å². The van der Waals surface area contributed by atoms with Crippen LogP contribution >= 0.6 is 0 Å². The molecule has 0 bridgehead atoms. The molecule has 1 N–H and O–H groups in total. The summed E-state index contributed by atoms with van der Waals surface area (Å²) in [6, 6.07) is 6.84. The summed E-state index contributed by atoms with van der Waals surface area (Å²) in [4.78, 5) is 9.30. The zero-order valence-corrected chi connectivity index (χ0v) is 11.0. The molecule has 4 nitrogen and oxygen atoms in total. The maximum absolute atomic E-state index is 4.63. The van der Waals surface area contributed by atoms with E-state index in [1.54, 1.807) is 0 Å². The minimum absolute atomic E-state index is 0.652. The molecule has 0 aliphatic carbocycles. The number of pyridine rings is 1. The Hall–Kier alpha value is -1.29. The molecule has 17 heavy (non-hydrogen) atoms. The number of rotatable bonds is 4. The average Bonchev–Trinajstić information content (AvgIpc) is 2.79. The summed E-state index contributed by atoms with van der Waals surface area (Å²) in [7, 11) is 4.30. The zero-order valence-electron chi connectivity index (χ0n) is 11.0. The number of nitrogens with one attached hydrogen (secondary N) is 1. The zero-order chi connectivity index (χ0) is 12.3. The van der Waals surface area contributed by atoms with E-state index in [0.29, 0.717) is 6.04 Å². The van der Waals surface area contributed by atoms with Crippen LogP contribution in [0.2, 0.25) is 0 Å². The van der Waals surface area contributed by atoms with Crippen molar-refractivity contribution in [3.8, 4) is 0 Å². The van der Waals surface area contributed by atoms with Gasteiger partial charge in [0.15, 0.2) is 0 Å². The van der Waals surface area contributed by atoms with Crippen LogP contribution in [0.25, 0.3) is 0 Å². The fourth-order valence-electron chi connectivity index (χ4n) is 2.25. The number of likely N-dealkylation sites (N-methyl/N-ethyl adjacent to an activating group) is 1. The molecule has 1 unspecified atom stereocenters. The Balaban J connectivity index is 2.05. The van der Waals surface area contributed by atoms with E-state index < -0.39 is 0 Å². The monoisotopic (exact) mass is 234 g/mol. The van der Waals surface area contributed by atoms with Crippen molar-refractivity contribution in [2.45, 2.75) is 19.4 Å². The SMILES string of the molecule is CCNc1cccc(N2CCC(N(C)C)C2)n1. The van der Waals surface area contributed by atoms with Crippen molar-refractivity contribution >= 4 is 11.6 Å². The van der Waals surface area contributed by atoms with Gasteiger partial charge in [-0.1, -0.05) is 6.07 Å². The summed E-state index contributed by atoms with van der Waals surface area (Å²) in [6.45, 7) is 5.18. The van der Waals surface area contributed by atoms with Crippen LogP contribution < -0.4 is 10.2 Å². The smallest absolute Gasteiger partial charge is 0.131 e. The Morgan fingerprint density at radius 3 is 2.94 bits per heavy atom.